The first-order valence-corrected chi connectivity index (χ1v) is 11.2. The first kappa shape index (κ1) is 32.3. The number of hydrogen-bond donors (Lipinski definition) is 0. The molecule has 8 rings (SSSR count). The van der Waals surface area contributed by atoms with Gasteiger partial charge in [-0.05, 0) is 164 Å². The SMILES string of the molecule is [CH]1[CH][C]2C=CC[C]2[CH]1.[CH]1[CH][C]2C=CC[C]2[CH]1.[CH]1[CH][C]2[CH][CH][CH][C]2[CH]1.[CH]1[CH][C]2[CH][CH][CH][C]2[CH]1.[Fe].[Fe].[Fe]. The molecule has 0 bridgehead atoms. The molecule has 35 heavy (non-hydrogen) atoms. The van der Waals surface area contributed by atoms with Crippen molar-refractivity contribution in [3.05, 3.63) is 187 Å². The third-order valence-corrected chi connectivity index (χ3v) is 6.03. The minimum Gasteiger partial charge on any atom is -0.0873 e. The van der Waals surface area contributed by atoms with Crippen LogP contribution in [0, 0.1) is 163 Å². The molecule has 6 saturated carbocycles. The summed E-state index contributed by atoms with van der Waals surface area (Å²) in [5.41, 5.74) is 0. The van der Waals surface area contributed by atoms with Crippen LogP contribution in [0.4, 0.5) is 0 Å². The maximum atomic E-state index is 2.20. The van der Waals surface area contributed by atoms with Gasteiger partial charge < -0.3 is 0 Å². The molecular weight excluding hydrogens is 552 g/mol. The summed E-state index contributed by atoms with van der Waals surface area (Å²) >= 11 is 0. The summed E-state index contributed by atoms with van der Waals surface area (Å²) in [5.74, 6) is 11.2. The molecule has 0 aromatic heterocycles. The molecule has 26 radical (unpaired) electrons. The van der Waals surface area contributed by atoms with Gasteiger partial charge in [0, 0.05) is 63.0 Å². The van der Waals surface area contributed by atoms with Gasteiger partial charge in [0.2, 0.25) is 0 Å². The van der Waals surface area contributed by atoms with Crippen LogP contribution in [0.5, 0.6) is 0 Å². The fourth-order valence-corrected chi connectivity index (χ4v) is 4.28. The summed E-state index contributed by atoms with van der Waals surface area (Å²) < 4.78 is 0. The number of fused-ring (bicyclic) bond motifs is 4. The van der Waals surface area contributed by atoms with E-state index in [0.717, 1.165) is 12.8 Å². The zero-order chi connectivity index (χ0) is 21.6. The van der Waals surface area contributed by atoms with Crippen LogP contribution in [0.15, 0.2) is 24.3 Å². The van der Waals surface area contributed by atoms with Gasteiger partial charge in [-0.1, -0.05) is 24.3 Å². The fraction of sp³-hybridized carbons (Fsp3) is 0.0625. The molecule has 0 unspecified atom stereocenters. The van der Waals surface area contributed by atoms with E-state index < -0.39 is 0 Å². The van der Waals surface area contributed by atoms with Gasteiger partial charge in [-0.2, -0.15) is 0 Å². The molecule has 0 saturated heterocycles. The summed E-state index contributed by atoms with van der Waals surface area (Å²) in [6.45, 7) is 0. The summed E-state index contributed by atoms with van der Waals surface area (Å²) in [6.07, 6.45) is 49.2. The molecule has 0 aliphatic heterocycles. The monoisotopic (exact) mass is 578 g/mol. The largest absolute Gasteiger partial charge is 0.0873 e. The Kier molecular flexibility index (Phi) is 15.6. The van der Waals surface area contributed by atoms with E-state index in [-0.39, 0.29) is 51.2 Å². The zero-order valence-corrected chi connectivity index (χ0v) is 22.5. The van der Waals surface area contributed by atoms with Crippen LogP contribution in [0.3, 0.4) is 0 Å². The maximum absolute atomic E-state index is 2.20. The quantitative estimate of drug-likeness (QED) is 0.300. The molecule has 0 heterocycles. The average Bonchev–Trinajstić information content (AvgIpc) is 3.57. The van der Waals surface area contributed by atoms with Gasteiger partial charge in [-0.25, -0.2) is 0 Å². The summed E-state index contributed by atoms with van der Waals surface area (Å²) in [7, 11) is 0. The van der Waals surface area contributed by atoms with E-state index in [9.17, 15) is 0 Å². The Morgan fingerprint density at radius 1 is 0.314 bits per heavy atom. The van der Waals surface area contributed by atoms with Gasteiger partial charge in [-0.3, -0.25) is 0 Å². The first-order valence-electron chi connectivity index (χ1n) is 11.2. The van der Waals surface area contributed by atoms with E-state index in [2.05, 4.69) is 140 Å². The first-order chi connectivity index (χ1) is 15.9. The van der Waals surface area contributed by atoms with E-state index >= 15 is 0 Å². The molecule has 0 spiro atoms. The molecule has 3 heteroatoms. The Hall–Kier alpha value is 1.04. The minimum absolute atomic E-state index is 0. The summed E-state index contributed by atoms with van der Waals surface area (Å²) in [4.78, 5) is 0. The van der Waals surface area contributed by atoms with Crippen molar-refractivity contribution in [2.75, 3.05) is 0 Å². The molecule has 8 aliphatic rings. The van der Waals surface area contributed by atoms with E-state index in [1.807, 2.05) is 0 Å². The van der Waals surface area contributed by atoms with Gasteiger partial charge in [0.05, 0.1) is 0 Å². The predicted octanol–water partition coefficient (Wildman–Crippen LogP) is 6.21. The van der Waals surface area contributed by atoms with Crippen molar-refractivity contribution in [1.82, 2.24) is 0 Å². The van der Waals surface area contributed by atoms with Gasteiger partial charge in [0.15, 0.2) is 0 Å². The second-order valence-corrected chi connectivity index (χ2v) is 8.15. The Bertz CT molecular complexity index is 534. The van der Waals surface area contributed by atoms with Crippen molar-refractivity contribution >= 4 is 0 Å². The van der Waals surface area contributed by atoms with Gasteiger partial charge in [-0.15, -0.1) is 0 Å². The van der Waals surface area contributed by atoms with Crippen LogP contribution >= 0.6 is 0 Å². The smallest absolute Gasteiger partial charge is 0.00834 e. The molecule has 0 N–H and O–H groups in total. The van der Waals surface area contributed by atoms with Crippen LogP contribution in [-0.2, 0) is 51.2 Å². The number of rotatable bonds is 0. The molecule has 0 atom stereocenters. The van der Waals surface area contributed by atoms with Crippen molar-refractivity contribution in [1.29, 1.82) is 0 Å². The van der Waals surface area contributed by atoms with E-state index in [0.29, 0.717) is 0 Å². The van der Waals surface area contributed by atoms with Gasteiger partial charge in [0.25, 0.3) is 0 Å². The standard InChI is InChI=1S/2C8H7.2C8H6.3Fe/c4*1-3-7-5-2-6-8(7)4-1;;;/h2*1-5H,6H2;2*1-6H;;;. The van der Waals surface area contributed by atoms with Crippen LogP contribution in [0.2, 0.25) is 0 Å². The fourth-order valence-electron chi connectivity index (χ4n) is 4.28. The molecule has 0 amide bonds. The molecular formula is C32H26Fe3. The molecule has 8 aliphatic carbocycles. The summed E-state index contributed by atoms with van der Waals surface area (Å²) in [6, 6.07) is 0. The Morgan fingerprint density at radius 2 is 0.571 bits per heavy atom. The third kappa shape index (κ3) is 9.04. The van der Waals surface area contributed by atoms with Crippen molar-refractivity contribution < 1.29 is 51.2 Å². The van der Waals surface area contributed by atoms with E-state index in [1.165, 1.54) is 47.3 Å². The van der Waals surface area contributed by atoms with Crippen LogP contribution in [0.1, 0.15) is 12.8 Å². The molecule has 6 fully saturated rings. The average molecular weight is 578 g/mol. The van der Waals surface area contributed by atoms with Crippen molar-refractivity contribution in [3.8, 4) is 0 Å². The topological polar surface area (TPSA) is 0 Å². The normalized spacial score (nSPS) is 27.9. The number of allylic oxidation sites excluding steroid dienone is 4. The summed E-state index contributed by atoms with van der Waals surface area (Å²) in [5, 5.41) is 0. The molecule has 178 valence electrons. The van der Waals surface area contributed by atoms with E-state index in [4.69, 9.17) is 0 Å². The van der Waals surface area contributed by atoms with Gasteiger partial charge >= 0.3 is 0 Å². The second-order valence-electron chi connectivity index (χ2n) is 8.15. The second kappa shape index (κ2) is 16.9. The van der Waals surface area contributed by atoms with Crippen molar-refractivity contribution in [3.63, 3.8) is 0 Å². The van der Waals surface area contributed by atoms with Crippen LogP contribution < -0.4 is 0 Å². The Morgan fingerprint density at radius 3 is 0.857 bits per heavy atom. The van der Waals surface area contributed by atoms with Crippen molar-refractivity contribution in [2.45, 2.75) is 12.8 Å². The van der Waals surface area contributed by atoms with E-state index in [1.54, 1.807) is 0 Å². The van der Waals surface area contributed by atoms with Gasteiger partial charge in [0.1, 0.15) is 0 Å². The zero-order valence-electron chi connectivity index (χ0n) is 19.2. The Labute approximate surface area is 249 Å². The Balaban J connectivity index is 0.000000160. The predicted molar refractivity (Wildman–Crippen MR) is 131 cm³/mol. The maximum Gasteiger partial charge on any atom is 0.00834 e. The molecule has 0 nitrogen and oxygen atoms in total. The molecule has 0 aromatic rings. The van der Waals surface area contributed by atoms with Crippen LogP contribution in [0.25, 0.3) is 0 Å². The number of hydrogen-bond acceptors (Lipinski definition) is 0. The minimum atomic E-state index is 0. The van der Waals surface area contributed by atoms with Crippen LogP contribution in [-0.4, -0.2) is 0 Å². The molecule has 0 aromatic carbocycles. The third-order valence-electron chi connectivity index (χ3n) is 6.03. The van der Waals surface area contributed by atoms with Crippen molar-refractivity contribution in [2.24, 2.45) is 0 Å².